The molecule has 0 unspecified atom stereocenters. The molecule has 0 fully saturated rings. The minimum absolute atomic E-state index is 0.0426. The highest BCUT2D eigenvalue weighted by Gasteiger charge is 2.35. The van der Waals surface area contributed by atoms with Crippen molar-refractivity contribution >= 4 is 37.5 Å². The lowest BCUT2D eigenvalue weighted by molar-refractivity contribution is 0.0684. The number of carbonyl (C=O) groups excluding carboxylic acids is 1. The Morgan fingerprint density at radius 3 is 2.40 bits per heavy atom. The lowest BCUT2D eigenvalue weighted by atomic mass is 9.78. The Balaban J connectivity index is 1.49. The highest BCUT2D eigenvalue weighted by molar-refractivity contribution is 9.10. The van der Waals surface area contributed by atoms with Gasteiger partial charge in [0.05, 0.1) is 16.3 Å². The van der Waals surface area contributed by atoms with E-state index in [1.807, 2.05) is 18.2 Å². The lowest BCUT2D eigenvalue weighted by Gasteiger charge is -2.40. The van der Waals surface area contributed by atoms with Crippen LogP contribution in [0.3, 0.4) is 0 Å². The Morgan fingerprint density at radius 1 is 1.00 bits per heavy atom. The van der Waals surface area contributed by atoms with E-state index in [0.29, 0.717) is 35.6 Å². The van der Waals surface area contributed by atoms with Gasteiger partial charge < -0.3 is 4.90 Å². The van der Waals surface area contributed by atoms with Crippen LogP contribution < -0.4 is 10.3 Å². The van der Waals surface area contributed by atoms with E-state index in [1.54, 1.807) is 60.8 Å². The van der Waals surface area contributed by atoms with Crippen LogP contribution in [0.1, 0.15) is 46.6 Å². The molecule has 1 amide bonds. The molecule has 0 aliphatic carbocycles. The number of hydrogen-bond donors (Lipinski definition) is 1. The van der Waals surface area contributed by atoms with Gasteiger partial charge in [0.2, 0.25) is 0 Å². The third kappa shape index (κ3) is 4.79. The zero-order valence-corrected chi connectivity index (χ0v) is 25.4. The van der Waals surface area contributed by atoms with Crippen LogP contribution in [0.4, 0.5) is 5.69 Å². The molecule has 2 heterocycles. The Hall–Kier alpha value is -3.63. The van der Waals surface area contributed by atoms with Crippen LogP contribution in [-0.2, 0) is 29.0 Å². The molecule has 1 aromatic heterocycles. The first kappa shape index (κ1) is 27.9. The molecule has 40 heavy (non-hydrogen) atoms. The summed E-state index contributed by atoms with van der Waals surface area (Å²) < 4.78 is 33.5. The minimum Gasteiger partial charge on any atom is -0.333 e. The molecule has 1 aliphatic rings. The van der Waals surface area contributed by atoms with Crippen LogP contribution >= 0.6 is 15.9 Å². The fourth-order valence-electron chi connectivity index (χ4n) is 5.35. The van der Waals surface area contributed by atoms with Crippen LogP contribution in [0.15, 0.2) is 80.9 Å². The highest BCUT2D eigenvalue weighted by Crippen LogP contribution is 2.37. The monoisotopic (exact) mass is 622 g/mol. The first-order valence-electron chi connectivity index (χ1n) is 12.9. The first-order valence-corrected chi connectivity index (χ1v) is 15.1. The second kappa shape index (κ2) is 10.1. The van der Waals surface area contributed by atoms with Gasteiger partial charge in [-0.25, -0.2) is 13.1 Å². The molecule has 0 bridgehead atoms. The maximum absolute atomic E-state index is 13.8. The molecule has 0 atom stereocenters. The molecule has 1 aliphatic heterocycles. The molecule has 5 rings (SSSR count). The number of fused-ring (bicyclic) bond motifs is 1. The maximum Gasteiger partial charge on any atom is 0.296 e. The molecule has 0 saturated carbocycles. The number of nitrogens with one attached hydrogen (secondary N) is 1. The number of rotatable bonds is 5. The smallest absolute Gasteiger partial charge is 0.296 e. The summed E-state index contributed by atoms with van der Waals surface area (Å²) >= 11 is 3.63. The number of hydrogen-bond acceptors (Lipinski definition) is 4. The summed E-state index contributed by atoms with van der Waals surface area (Å²) in [7, 11) is -2.49. The number of para-hydroxylation sites is 1. The average molecular weight is 624 g/mol. The van der Waals surface area contributed by atoms with Crippen LogP contribution in [0.25, 0.3) is 5.69 Å². The number of carbonyl (C=O) groups is 1. The number of aryl methyl sites for hydroxylation is 1. The summed E-state index contributed by atoms with van der Waals surface area (Å²) in [6, 6.07) is 19.5. The zero-order chi connectivity index (χ0) is 29.0. The number of halogens is 1. The minimum atomic E-state index is -4.18. The van der Waals surface area contributed by atoms with E-state index >= 15 is 0 Å². The Kier molecular flexibility index (Phi) is 7.04. The van der Waals surface area contributed by atoms with E-state index in [0.717, 1.165) is 10.0 Å². The van der Waals surface area contributed by atoms with Crippen molar-refractivity contribution in [2.24, 2.45) is 7.05 Å². The van der Waals surface area contributed by atoms with Gasteiger partial charge in [0.15, 0.2) is 0 Å². The summed E-state index contributed by atoms with van der Waals surface area (Å²) in [6.45, 7) is 8.56. The fraction of sp³-hybridized carbons (Fsp3) is 0.267. The van der Waals surface area contributed by atoms with E-state index in [-0.39, 0.29) is 21.9 Å². The predicted molar refractivity (Wildman–Crippen MR) is 160 cm³/mol. The first-order chi connectivity index (χ1) is 18.8. The van der Waals surface area contributed by atoms with Gasteiger partial charge in [-0.3, -0.25) is 19.0 Å². The number of benzene rings is 3. The van der Waals surface area contributed by atoms with Crippen molar-refractivity contribution < 1.29 is 13.2 Å². The SMILES string of the molecule is Cc1ccc(S(=O)(=O)Nc2c(C)n(C)n(-c3ccccc3)c2=O)cc1C(=O)N1Cc2c(Br)cccc2C(C)(C)C1. The molecule has 0 saturated heterocycles. The molecule has 0 radical (unpaired) electrons. The van der Waals surface area contributed by atoms with E-state index in [2.05, 4.69) is 40.6 Å². The van der Waals surface area contributed by atoms with Crippen LogP contribution in [-0.4, -0.2) is 35.1 Å². The molecule has 1 N–H and O–H groups in total. The second-order valence-electron chi connectivity index (χ2n) is 10.8. The molecule has 4 aromatic rings. The Labute approximate surface area is 242 Å². The van der Waals surface area contributed by atoms with Gasteiger partial charge in [-0.2, -0.15) is 0 Å². The molecule has 208 valence electrons. The summed E-state index contributed by atoms with van der Waals surface area (Å²) in [5.41, 5.74) is 3.46. The van der Waals surface area contributed by atoms with Crippen molar-refractivity contribution in [1.82, 2.24) is 14.3 Å². The summed E-state index contributed by atoms with van der Waals surface area (Å²) in [5.74, 6) is -0.244. The predicted octanol–water partition coefficient (Wildman–Crippen LogP) is 5.29. The quantitative estimate of drug-likeness (QED) is 0.327. The van der Waals surface area contributed by atoms with E-state index < -0.39 is 15.6 Å². The Morgan fingerprint density at radius 2 is 1.70 bits per heavy atom. The van der Waals surface area contributed by atoms with Crippen LogP contribution in [0, 0.1) is 13.8 Å². The summed E-state index contributed by atoms with van der Waals surface area (Å²) in [6.07, 6.45) is 0. The van der Waals surface area contributed by atoms with E-state index in [9.17, 15) is 18.0 Å². The van der Waals surface area contributed by atoms with Gasteiger partial charge in [-0.05, 0) is 60.9 Å². The summed E-state index contributed by atoms with van der Waals surface area (Å²) in [4.78, 5) is 28.8. The molecule has 8 nitrogen and oxygen atoms in total. The van der Waals surface area contributed by atoms with Crippen molar-refractivity contribution in [3.05, 3.63) is 110 Å². The topological polar surface area (TPSA) is 93.4 Å². The van der Waals surface area contributed by atoms with Gasteiger partial charge in [0.25, 0.3) is 21.5 Å². The third-order valence-corrected chi connectivity index (χ3v) is 9.70. The number of sulfonamides is 1. The maximum atomic E-state index is 13.8. The number of anilines is 1. The number of nitrogens with zero attached hydrogens (tertiary/aromatic N) is 3. The molecule has 3 aromatic carbocycles. The van der Waals surface area contributed by atoms with Gasteiger partial charge in [0.1, 0.15) is 5.69 Å². The van der Waals surface area contributed by atoms with Crippen molar-refractivity contribution in [3.63, 3.8) is 0 Å². The molecular weight excluding hydrogens is 592 g/mol. The standard InChI is InChI=1S/C30H31BrN4O4S/c1-19-14-15-22(16-23(19)28(36)34-17-24-25(30(3,4)18-34)12-9-13-26(24)31)40(38,39)32-27-20(2)33(5)35(29(27)37)21-10-7-6-8-11-21/h6-16,32H,17-18H2,1-5H3. The van der Waals surface area contributed by atoms with Crippen LogP contribution in [0.2, 0.25) is 0 Å². The molecular formula is C30H31BrN4O4S. The average Bonchev–Trinajstić information content (AvgIpc) is 3.11. The zero-order valence-electron chi connectivity index (χ0n) is 23.0. The normalized spacial score (nSPS) is 14.6. The fourth-order valence-corrected chi connectivity index (χ4v) is 6.99. The second-order valence-corrected chi connectivity index (χ2v) is 13.4. The molecule has 0 spiro atoms. The van der Waals surface area contributed by atoms with Crippen molar-refractivity contribution in [1.29, 1.82) is 0 Å². The Bertz CT molecular complexity index is 1810. The van der Waals surface area contributed by atoms with Gasteiger partial charge in [-0.1, -0.05) is 66.2 Å². The van der Waals surface area contributed by atoms with E-state index in [1.165, 1.54) is 22.4 Å². The highest BCUT2D eigenvalue weighted by atomic mass is 79.9. The van der Waals surface area contributed by atoms with Gasteiger partial charge in [-0.15, -0.1) is 0 Å². The van der Waals surface area contributed by atoms with Crippen LogP contribution in [0.5, 0.6) is 0 Å². The lowest BCUT2D eigenvalue weighted by Crippen LogP contribution is -2.45. The van der Waals surface area contributed by atoms with Gasteiger partial charge in [0, 0.05) is 35.6 Å². The van der Waals surface area contributed by atoms with Gasteiger partial charge >= 0.3 is 0 Å². The van der Waals surface area contributed by atoms with Crippen molar-refractivity contribution in [2.75, 3.05) is 11.3 Å². The van der Waals surface area contributed by atoms with Crippen molar-refractivity contribution in [3.8, 4) is 5.69 Å². The number of amides is 1. The molecule has 10 heteroatoms. The third-order valence-electron chi connectivity index (χ3n) is 7.61. The summed E-state index contributed by atoms with van der Waals surface area (Å²) in [5, 5.41) is 0. The largest absolute Gasteiger partial charge is 0.333 e. The van der Waals surface area contributed by atoms with E-state index in [4.69, 9.17) is 0 Å². The van der Waals surface area contributed by atoms with Crippen molar-refractivity contribution in [2.45, 2.75) is 44.6 Å². The number of aromatic nitrogens is 2.